The average Bonchev–Trinajstić information content (AvgIpc) is 3.29. The first-order chi connectivity index (χ1) is 16.6. The van der Waals surface area contributed by atoms with E-state index < -0.39 is 0 Å². The highest BCUT2D eigenvalue weighted by Gasteiger charge is 2.37. The van der Waals surface area contributed by atoms with Gasteiger partial charge >= 0.3 is 0 Å². The summed E-state index contributed by atoms with van der Waals surface area (Å²) in [5.41, 5.74) is 4.33. The average molecular weight is 458 g/mol. The van der Waals surface area contributed by atoms with Crippen molar-refractivity contribution < 1.29 is 9.18 Å². The Morgan fingerprint density at radius 1 is 0.853 bits per heavy atom. The van der Waals surface area contributed by atoms with Gasteiger partial charge < -0.3 is 9.80 Å². The number of halogens is 1. The second-order valence-corrected chi connectivity index (χ2v) is 9.62. The summed E-state index contributed by atoms with van der Waals surface area (Å²) in [5.74, 6) is 0.671. The molecule has 2 heterocycles. The van der Waals surface area contributed by atoms with E-state index >= 15 is 0 Å². The van der Waals surface area contributed by atoms with Gasteiger partial charge in [-0.1, -0.05) is 48.0 Å². The first-order valence-electron chi connectivity index (χ1n) is 12.2. The summed E-state index contributed by atoms with van der Waals surface area (Å²) in [4.78, 5) is 20.2. The number of hydrogen-bond donors (Lipinski definition) is 0. The number of hydrogen-bond acceptors (Lipinski definition) is 3. The maximum Gasteiger partial charge on any atom is 0.253 e. The van der Waals surface area contributed by atoms with Gasteiger partial charge in [0.15, 0.2) is 0 Å². The van der Waals surface area contributed by atoms with E-state index in [1.807, 2.05) is 48.2 Å². The molecule has 0 saturated carbocycles. The van der Waals surface area contributed by atoms with Crippen LogP contribution in [0.1, 0.15) is 27.4 Å². The van der Waals surface area contributed by atoms with Crippen LogP contribution in [0, 0.1) is 18.7 Å². The zero-order valence-electron chi connectivity index (χ0n) is 19.7. The molecule has 1 amide bonds. The Morgan fingerprint density at radius 3 is 2.21 bits per heavy atom. The highest BCUT2D eigenvalue weighted by molar-refractivity contribution is 5.94. The molecule has 2 aliphatic rings. The molecule has 2 fully saturated rings. The number of carbonyl (C=O) groups is 1. The fraction of sp³-hybridized carbons (Fsp3) is 0.345. The van der Waals surface area contributed by atoms with Gasteiger partial charge in [-0.3, -0.25) is 9.69 Å². The maximum absolute atomic E-state index is 13.3. The monoisotopic (exact) mass is 457 g/mol. The Labute approximate surface area is 201 Å². The van der Waals surface area contributed by atoms with Crippen molar-refractivity contribution in [3.8, 4) is 0 Å². The van der Waals surface area contributed by atoms with E-state index in [9.17, 15) is 9.18 Å². The molecule has 0 radical (unpaired) electrons. The minimum atomic E-state index is -0.194. The van der Waals surface area contributed by atoms with E-state index in [4.69, 9.17) is 0 Å². The molecule has 0 N–H and O–H groups in total. The Morgan fingerprint density at radius 2 is 1.53 bits per heavy atom. The lowest BCUT2D eigenvalue weighted by molar-refractivity contribution is 0.0782. The molecule has 0 bridgehead atoms. The molecule has 0 aromatic heterocycles. The first-order valence-corrected chi connectivity index (χ1v) is 12.2. The Balaban J connectivity index is 1.26. The molecule has 4 nitrogen and oxygen atoms in total. The highest BCUT2D eigenvalue weighted by atomic mass is 19.1. The lowest BCUT2D eigenvalue weighted by Gasteiger charge is -2.37. The van der Waals surface area contributed by atoms with Gasteiger partial charge in [0.25, 0.3) is 5.91 Å². The quantitative estimate of drug-likeness (QED) is 0.550. The van der Waals surface area contributed by atoms with Gasteiger partial charge in [0.1, 0.15) is 5.82 Å². The van der Waals surface area contributed by atoms with E-state index in [0.29, 0.717) is 11.8 Å². The number of likely N-dealkylation sites (tertiary alicyclic amines) is 1. The molecule has 0 spiro atoms. The lowest BCUT2D eigenvalue weighted by Crippen LogP contribution is -2.48. The highest BCUT2D eigenvalue weighted by Crippen LogP contribution is 2.34. The number of nitrogens with zero attached hydrogens (tertiary/aromatic N) is 3. The van der Waals surface area contributed by atoms with Gasteiger partial charge in [0.2, 0.25) is 0 Å². The van der Waals surface area contributed by atoms with E-state index in [-0.39, 0.29) is 11.7 Å². The van der Waals surface area contributed by atoms with E-state index in [1.165, 1.54) is 17.7 Å². The van der Waals surface area contributed by atoms with Crippen LogP contribution in [-0.4, -0.2) is 61.5 Å². The molecule has 0 unspecified atom stereocenters. The molecular formula is C29H32FN3O. The van der Waals surface area contributed by atoms with Crippen molar-refractivity contribution in [1.82, 2.24) is 9.80 Å². The molecule has 176 valence electrons. The second-order valence-electron chi connectivity index (χ2n) is 9.62. The summed E-state index contributed by atoms with van der Waals surface area (Å²) in [6.45, 7) is 8.38. The van der Waals surface area contributed by atoms with Crippen molar-refractivity contribution >= 4 is 11.6 Å². The molecule has 34 heavy (non-hydrogen) atoms. The minimum Gasteiger partial charge on any atom is -0.369 e. The largest absolute Gasteiger partial charge is 0.369 e. The van der Waals surface area contributed by atoms with Crippen LogP contribution in [-0.2, 0) is 0 Å². The van der Waals surface area contributed by atoms with E-state index in [2.05, 4.69) is 40.1 Å². The fourth-order valence-electron chi connectivity index (χ4n) is 5.35. The van der Waals surface area contributed by atoms with Crippen LogP contribution in [0.4, 0.5) is 10.1 Å². The summed E-state index contributed by atoms with van der Waals surface area (Å²) in [6.07, 6.45) is 0. The van der Waals surface area contributed by atoms with Crippen molar-refractivity contribution in [3.05, 3.63) is 101 Å². The Hall–Kier alpha value is -3.18. The normalized spacial score (nSPS) is 21.1. The molecule has 5 rings (SSSR count). The lowest BCUT2D eigenvalue weighted by atomic mass is 9.88. The van der Waals surface area contributed by atoms with Gasteiger partial charge in [-0.2, -0.15) is 0 Å². The molecular weight excluding hydrogens is 425 g/mol. The summed E-state index contributed by atoms with van der Waals surface area (Å²) < 4.78 is 13.3. The fourth-order valence-corrected chi connectivity index (χ4v) is 5.35. The van der Waals surface area contributed by atoms with Crippen molar-refractivity contribution in [1.29, 1.82) is 0 Å². The predicted octanol–water partition coefficient (Wildman–Crippen LogP) is 4.81. The van der Waals surface area contributed by atoms with Crippen molar-refractivity contribution in [2.75, 3.05) is 50.7 Å². The van der Waals surface area contributed by atoms with Gasteiger partial charge in [-0.15, -0.1) is 0 Å². The first kappa shape index (κ1) is 22.6. The number of benzene rings is 3. The predicted molar refractivity (Wildman–Crippen MR) is 135 cm³/mol. The third kappa shape index (κ3) is 5.00. The van der Waals surface area contributed by atoms with Crippen molar-refractivity contribution in [3.63, 3.8) is 0 Å². The van der Waals surface area contributed by atoms with Crippen LogP contribution >= 0.6 is 0 Å². The van der Waals surface area contributed by atoms with Crippen LogP contribution in [0.3, 0.4) is 0 Å². The Bertz CT molecular complexity index is 1090. The summed E-state index contributed by atoms with van der Waals surface area (Å²) >= 11 is 0. The number of rotatable bonds is 5. The summed E-state index contributed by atoms with van der Waals surface area (Å²) in [7, 11) is 0. The summed E-state index contributed by atoms with van der Waals surface area (Å²) in [6, 6.07) is 25.3. The van der Waals surface area contributed by atoms with Crippen molar-refractivity contribution in [2.45, 2.75) is 12.8 Å². The zero-order chi connectivity index (χ0) is 23.5. The van der Waals surface area contributed by atoms with Crippen molar-refractivity contribution in [2.24, 2.45) is 5.92 Å². The van der Waals surface area contributed by atoms with Crippen LogP contribution in [0.2, 0.25) is 0 Å². The number of carbonyl (C=O) groups excluding carboxylic acids is 1. The van der Waals surface area contributed by atoms with Gasteiger partial charge in [-0.05, 0) is 54.8 Å². The van der Waals surface area contributed by atoms with Crippen LogP contribution in [0.15, 0.2) is 78.9 Å². The SMILES string of the molecule is Cc1ccc(C(=O)N2C[C@@H](CN3CCN(c4ccc(F)cc4)CC3)[C@@H](c3ccccc3)C2)cc1. The van der Waals surface area contributed by atoms with Gasteiger partial charge in [0.05, 0.1) is 0 Å². The molecule has 2 saturated heterocycles. The zero-order valence-corrected chi connectivity index (χ0v) is 19.7. The number of piperazine rings is 1. The molecule has 3 aromatic carbocycles. The Kier molecular flexibility index (Phi) is 6.63. The summed E-state index contributed by atoms with van der Waals surface area (Å²) in [5, 5.41) is 0. The van der Waals surface area contributed by atoms with Crippen LogP contribution in [0.25, 0.3) is 0 Å². The maximum atomic E-state index is 13.3. The van der Waals surface area contributed by atoms with E-state index in [1.54, 1.807) is 0 Å². The minimum absolute atomic E-state index is 0.129. The van der Waals surface area contributed by atoms with Gasteiger partial charge in [-0.25, -0.2) is 4.39 Å². The van der Waals surface area contributed by atoms with Crippen LogP contribution in [0.5, 0.6) is 0 Å². The van der Waals surface area contributed by atoms with E-state index in [0.717, 1.165) is 62.6 Å². The third-order valence-corrected chi connectivity index (χ3v) is 7.31. The standard InChI is InChI=1S/C29H32FN3O/c1-22-7-9-24(10-8-22)29(34)33-20-25(28(21-33)23-5-3-2-4-6-23)19-31-15-17-32(18-16-31)27-13-11-26(30)12-14-27/h2-14,25,28H,15-21H2,1H3/t25-,28-/m1/s1. The molecule has 2 aliphatic heterocycles. The second kappa shape index (κ2) is 9.98. The smallest absolute Gasteiger partial charge is 0.253 e. The molecule has 3 aromatic rings. The molecule has 2 atom stereocenters. The topological polar surface area (TPSA) is 26.8 Å². The molecule has 0 aliphatic carbocycles. The van der Waals surface area contributed by atoms with Gasteiger partial charge in [0, 0.05) is 63.0 Å². The third-order valence-electron chi connectivity index (χ3n) is 7.31. The number of aryl methyl sites for hydroxylation is 1. The van der Waals surface area contributed by atoms with Crippen LogP contribution < -0.4 is 4.90 Å². The number of anilines is 1. The number of amides is 1. The molecule has 5 heteroatoms.